The molecule has 0 amide bonds. The van der Waals surface area contributed by atoms with Crippen molar-refractivity contribution in [2.75, 3.05) is 5.32 Å². The van der Waals surface area contributed by atoms with E-state index in [4.69, 9.17) is 11.6 Å². The lowest BCUT2D eigenvalue weighted by Crippen LogP contribution is -2.40. The summed E-state index contributed by atoms with van der Waals surface area (Å²) in [6, 6.07) is 1.70. The Morgan fingerprint density at radius 3 is 3.11 bits per heavy atom. The van der Waals surface area contributed by atoms with Gasteiger partial charge in [-0.05, 0) is 38.2 Å². The number of nitrogens with zero attached hydrogens (tertiary/aromatic N) is 3. The maximum atomic E-state index is 14.4. The van der Waals surface area contributed by atoms with Gasteiger partial charge in [-0.3, -0.25) is 0 Å². The second-order valence-electron chi connectivity index (χ2n) is 7.30. The van der Waals surface area contributed by atoms with Crippen molar-refractivity contribution in [1.82, 2.24) is 19.9 Å². The summed E-state index contributed by atoms with van der Waals surface area (Å²) in [6.07, 6.45) is 9.61. The predicted octanol–water partition coefficient (Wildman–Crippen LogP) is 4.47. The first-order valence-electron chi connectivity index (χ1n) is 9.23. The van der Waals surface area contributed by atoms with Gasteiger partial charge in [0.25, 0.3) is 0 Å². The van der Waals surface area contributed by atoms with Crippen LogP contribution in [0.3, 0.4) is 0 Å². The standard InChI is InChI=1S/C20H21ClFN5O/c1-2-5-20(28)6-3-4-13(8-20)26-19-16(22)11-25-18(27-19)15-10-24-17-14(15)7-12(21)9-23-17/h2,7,9-11,13,28H,1,3-6,8H2,(H,23,24)(H,25,26,27)/t13-,20+/m0/s1. The second kappa shape index (κ2) is 7.48. The van der Waals surface area contributed by atoms with Gasteiger partial charge in [-0.25, -0.2) is 19.3 Å². The van der Waals surface area contributed by atoms with Gasteiger partial charge in [-0.2, -0.15) is 0 Å². The van der Waals surface area contributed by atoms with E-state index in [1.54, 1.807) is 24.5 Å². The van der Waals surface area contributed by atoms with Gasteiger partial charge in [0.2, 0.25) is 0 Å². The number of aromatic nitrogens is 4. The van der Waals surface area contributed by atoms with Gasteiger partial charge in [0.05, 0.1) is 16.8 Å². The fourth-order valence-corrected chi connectivity index (χ4v) is 4.03. The second-order valence-corrected chi connectivity index (χ2v) is 7.73. The fraction of sp³-hybridized carbons (Fsp3) is 0.350. The maximum Gasteiger partial charge on any atom is 0.183 e. The van der Waals surface area contributed by atoms with Crippen LogP contribution in [0.25, 0.3) is 22.4 Å². The van der Waals surface area contributed by atoms with E-state index in [0.29, 0.717) is 34.9 Å². The third-order valence-electron chi connectivity index (χ3n) is 5.17. The molecule has 3 aromatic rings. The molecule has 8 heteroatoms. The summed E-state index contributed by atoms with van der Waals surface area (Å²) in [5, 5.41) is 15.1. The van der Waals surface area contributed by atoms with Crippen molar-refractivity contribution in [3.63, 3.8) is 0 Å². The third-order valence-corrected chi connectivity index (χ3v) is 5.38. The number of hydrogen-bond donors (Lipinski definition) is 3. The van der Waals surface area contributed by atoms with E-state index in [1.807, 2.05) is 0 Å². The summed E-state index contributed by atoms with van der Waals surface area (Å²) in [7, 11) is 0. The number of nitrogens with one attached hydrogen (secondary N) is 2. The van der Waals surface area contributed by atoms with Gasteiger partial charge in [0.15, 0.2) is 17.5 Å². The fourth-order valence-electron chi connectivity index (χ4n) is 3.87. The van der Waals surface area contributed by atoms with E-state index in [0.717, 1.165) is 30.8 Å². The van der Waals surface area contributed by atoms with Crippen molar-refractivity contribution in [1.29, 1.82) is 0 Å². The molecule has 1 aliphatic rings. The number of aliphatic hydroxyl groups is 1. The van der Waals surface area contributed by atoms with Crippen LogP contribution in [0, 0.1) is 5.82 Å². The minimum Gasteiger partial charge on any atom is -0.389 e. The Labute approximate surface area is 166 Å². The average molecular weight is 402 g/mol. The Balaban J connectivity index is 1.62. The molecule has 28 heavy (non-hydrogen) atoms. The summed E-state index contributed by atoms with van der Waals surface area (Å²) >= 11 is 6.05. The largest absolute Gasteiger partial charge is 0.389 e. The lowest BCUT2D eigenvalue weighted by atomic mass is 9.80. The normalized spacial score (nSPS) is 22.3. The summed E-state index contributed by atoms with van der Waals surface area (Å²) in [4.78, 5) is 15.8. The molecule has 0 bridgehead atoms. The molecule has 2 atom stereocenters. The van der Waals surface area contributed by atoms with Gasteiger partial charge in [0, 0.05) is 29.4 Å². The number of rotatable bonds is 5. The summed E-state index contributed by atoms with van der Waals surface area (Å²) in [5.41, 5.74) is 0.548. The van der Waals surface area contributed by atoms with E-state index < -0.39 is 11.4 Å². The van der Waals surface area contributed by atoms with Crippen molar-refractivity contribution in [3.05, 3.63) is 48.2 Å². The Kier molecular flexibility index (Phi) is 5.03. The topological polar surface area (TPSA) is 86.7 Å². The average Bonchev–Trinajstić information content (AvgIpc) is 3.06. The van der Waals surface area contributed by atoms with Gasteiger partial charge < -0.3 is 15.4 Å². The predicted molar refractivity (Wildman–Crippen MR) is 108 cm³/mol. The quantitative estimate of drug-likeness (QED) is 0.549. The van der Waals surface area contributed by atoms with Crippen LogP contribution in [-0.2, 0) is 0 Å². The Morgan fingerprint density at radius 2 is 2.29 bits per heavy atom. The van der Waals surface area contributed by atoms with Crippen LogP contribution in [0.5, 0.6) is 0 Å². The molecular weight excluding hydrogens is 381 g/mol. The minimum atomic E-state index is -0.802. The number of hydrogen-bond acceptors (Lipinski definition) is 5. The zero-order chi connectivity index (χ0) is 19.7. The maximum absolute atomic E-state index is 14.4. The van der Waals surface area contributed by atoms with Crippen LogP contribution in [0.2, 0.25) is 5.02 Å². The molecule has 3 N–H and O–H groups in total. The van der Waals surface area contributed by atoms with Crippen molar-refractivity contribution in [2.24, 2.45) is 0 Å². The van der Waals surface area contributed by atoms with Gasteiger partial charge in [-0.15, -0.1) is 6.58 Å². The van der Waals surface area contributed by atoms with Crippen LogP contribution < -0.4 is 5.32 Å². The van der Waals surface area contributed by atoms with E-state index in [1.165, 1.54) is 0 Å². The molecule has 0 radical (unpaired) electrons. The molecule has 0 unspecified atom stereocenters. The van der Waals surface area contributed by atoms with Crippen LogP contribution in [0.4, 0.5) is 10.2 Å². The minimum absolute atomic E-state index is 0.0740. The van der Waals surface area contributed by atoms with E-state index in [9.17, 15) is 9.50 Å². The molecule has 0 saturated heterocycles. The molecule has 1 saturated carbocycles. The number of aromatic amines is 1. The molecule has 1 fully saturated rings. The van der Waals surface area contributed by atoms with Gasteiger partial charge in [0.1, 0.15) is 5.65 Å². The number of halogens is 2. The first-order valence-corrected chi connectivity index (χ1v) is 9.60. The number of fused-ring (bicyclic) bond motifs is 1. The molecule has 0 spiro atoms. The highest BCUT2D eigenvalue weighted by molar-refractivity contribution is 6.31. The number of anilines is 1. The van der Waals surface area contributed by atoms with Crippen molar-refractivity contribution < 1.29 is 9.50 Å². The highest BCUT2D eigenvalue weighted by atomic mass is 35.5. The van der Waals surface area contributed by atoms with Crippen LogP contribution in [0.1, 0.15) is 32.1 Å². The van der Waals surface area contributed by atoms with Crippen LogP contribution >= 0.6 is 11.6 Å². The summed E-state index contributed by atoms with van der Waals surface area (Å²) in [6.45, 7) is 3.72. The SMILES string of the molecule is C=CC[C@@]1(O)CCC[C@H](Nc2nc(-c3c[nH]c4ncc(Cl)cc34)ncc2F)C1. The number of pyridine rings is 1. The Hall–Kier alpha value is -2.51. The van der Waals surface area contributed by atoms with Gasteiger partial charge >= 0.3 is 0 Å². The Morgan fingerprint density at radius 1 is 1.43 bits per heavy atom. The van der Waals surface area contributed by atoms with E-state index in [-0.39, 0.29) is 11.9 Å². The summed E-state index contributed by atoms with van der Waals surface area (Å²) < 4.78 is 14.4. The molecule has 146 valence electrons. The third kappa shape index (κ3) is 3.72. The zero-order valence-corrected chi connectivity index (χ0v) is 16.0. The van der Waals surface area contributed by atoms with Gasteiger partial charge in [-0.1, -0.05) is 17.7 Å². The Bertz CT molecular complexity index is 1020. The summed E-state index contributed by atoms with van der Waals surface area (Å²) in [5.74, 6) is -0.0313. The molecule has 0 aromatic carbocycles. The number of H-pyrrole nitrogens is 1. The lowest BCUT2D eigenvalue weighted by molar-refractivity contribution is 0.00294. The molecule has 3 aromatic heterocycles. The van der Waals surface area contributed by atoms with Crippen molar-refractivity contribution in [3.8, 4) is 11.4 Å². The lowest BCUT2D eigenvalue weighted by Gasteiger charge is -2.36. The monoisotopic (exact) mass is 401 g/mol. The molecule has 1 aliphatic carbocycles. The smallest absolute Gasteiger partial charge is 0.183 e. The van der Waals surface area contributed by atoms with Crippen LogP contribution in [-0.4, -0.2) is 36.7 Å². The first kappa shape index (κ1) is 18.8. The molecule has 0 aliphatic heterocycles. The molecule has 6 nitrogen and oxygen atoms in total. The first-order chi connectivity index (χ1) is 13.5. The molecule has 3 heterocycles. The zero-order valence-electron chi connectivity index (χ0n) is 15.3. The highest BCUT2D eigenvalue weighted by Crippen LogP contribution is 2.34. The van der Waals surface area contributed by atoms with Crippen LogP contribution in [0.15, 0.2) is 37.3 Å². The molecular formula is C20H21ClFN5O. The van der Waals surface area contributed by atoms with Crippen molar-refractivity contribution in [2.45, 2.75) is 43.7 Å². The van der Waals surface area contributed by atoms with Crippen molar-refractivity contribution >= 4 is 28.5 Å². The van der Waals surface area contributed by atoms with E-state index >= 15 is 0 Å². The molecule has 4 rings (SSSR count). The van der Waals surface area contributed by atoms with E-state index in [2.05, 4.69) is 31.8 Å². The highest BCUT2D eigenvalue weighted by Gasteiger charge is 2.33.